The summed E-state index contributed by atoms with van der Waals surface area (Å²) < 4.78 is 6.47. The van der Waals surface area contributed by atoms with Gasteiger partial charge in [-0.2, -0.15) is 0 Å². The Morgan fingerprint density at radius 3 is 2.89 bits per heavy atom. The molecule has 1 aliphatic heterocycles. The van der Waals surface area contributed by atoms with Crippen molar-refractivity contribution in [2.75, 3.05) is 23.9 Å². The molecule has 10 nitrogen and oxygen atoms in total. The molecule has 3 aromatic rings. The van der Waals surface area contributed by atoms with Crippen LogP contribution in [0.2, 0.25) is 0 Å². The number of methoxy groups -OCH3 is 1. The number of hydrogen-bond donors (Lipinski definition) is 1. The highest BCUT2D eigenvalue weighted by molar-refractivity contribution is 6.02. The highest BCUT2D eigenvalue weighted by atomic mass is 16.6. The number of nitro groups is 1. The molecule has 0 saturated carbocycles. The summed E-state index contributed by atoms with van der Waals surface area (Å²) in [7, 11) is 1.56. The standard InChI is InChI=1S/C17H16N6O4/c1-27-13-5-3-2-4-12(13)21-9-8-11(17(21)24)19-14-6-7-15-18-10-16(23(25)26)22(15)20-14/h2-7,10-11H,8-9H2,1H3,(H,19,20). The molecule has 0 spiro atoms. The molecule has 0 radical (unpaired) electrons. The number of ether oxygens (including phenoxy) is 1. The predicted molar refractivity (Wildman–Crippen MR) is 97.0 cm³/mol. The van der Waals surface area contributed by atoms with Gasteiger partial charge in [0.25, 0.3) is 0 Å². The van der Waals surface area contributed by atoms with Crippen LogP contribution in [0, 0.1) is 10.1 Å². The lowest BCUT2D eigenvalue weighted by molar-refractivity contribution is -0.391. The number of imidazole rings is 1. The van der Waals surface area contributed by atoms with Crippen LogP contribution in [-0.4, -0.2) is 45.1 Å². The zero-order valence-electron chi connectivity index (χ0n) is 14.4. The van der Waals surface area contributed by atoms with E-state index >= 15 is 0 Å². The molecule has 10 heteroatoms. The molecule has 0 aliphatic carbocycles. The fourth-order valence-electron chi connectivity index (χ4n) is 3.15. The van der Waals surface area contributed by atoms with Crippen molar-refractivity contribution in [2.24, 2.45) is 0 Å². The lowest BCUT2D eigenvalue weighted by Crippen LogP contribution is -2.34. The second-order valence-electron chi connectivity index (χ2n) is 6.01. The molecule has 4 rings (SSSR count). The van der Waals surface area contributed by atoms with Gasteiger partial charge >= 0.3 is 5.82 Å². The van der Waals surface area contributed by atoms with E-state index in [9.17, 15) is 14.9 Å². The molecule has 27 heavy (non-hydrogen) atoms. The maximum absolute atomic E-state index is 12.8. The number of nitrogens with zero attached hydrogens (tertiary/aromatic N) is 5. The number of carbonyl (C=O) groups excluding carboxylic acids is 1. The van der Waals surface area contributed by atoms with E-state index in [2.05, 4.69) is 15.4 Å². The van der Waals surface area contributed by atoms with Crippen LogP contribution in [0.3, 0.4) is 0 Å². The van der Waals surface area contributed by atoms with Gasteiger partial charge in [0.2, 0.25) is 11.6 Å². The summed E-state index contributed by atoms with van der Waals surface area (Å²) >= 11 is 0. The molecule has 1 unspecified atom stereocenters. The average Bonchev–Trinajstić information content (AvgIpc) is 3.25. The third-order valence-corrected chi connectivity index (χ3v) is 4.43. The van der Waals surface area contributed by atoms with Crippen molar-refractivity contribution in [3.05, 3.63) is 52.7 Å². The predicted octanol–water partition coefficient (Wildman–Crippen LogP) is 1.86. The van der Waals surface area contributed by atoms with Gasteiger partial charge in [0.15, 0.2) is 5.82 Å². The minimum Gasteiger partial charge on any atom is -0.495 e. The minimum absolute atomic E-state index is 0.110. The Morgan fingerprint density at radius 2 is 2.11 bits per heavy atom. The molecular formula is C17H16N6O4. The zero-order chi connectivity index (χ0) is 19.0. The second-order valence-corrected chi connectivity index (χ2v) is 6.01. The largest absolute Gasteiger partial charge is 0.495 e. The molecular weight excluding hydrogens is 352 g/mol. The van der Waals surface area contributed by atoms with Crippen molar-refractivity contribution in [3.63, 3.8) is 0 Å². The molecule has 1 fully saturated rings. The maximum atomic E-state index is 12.8. The maximum Gasteiger partial charge on any atom is 0.368 e. The number of aromatic nitrogens is 3. The number of rotatable bonds is 5. The van der Waals surface area contributed by atoms with Crippen LogP contribution < -0.4 is 15.0 Å². The first-order valence-corrected chi connectivity index (χ1v) is 8.28. The van der Waals surface area contributed by atoms with E-state index in [4.69, 9.17) is 4.74 Å². The van der Waals surface area contributed by atoms with Gasteiger partial charge < -0.3 is 25.1 Å². The van der Waals surface area contributed by atoms with Crippen LogP contribution in [0.5, 0.6) is 5.75 Å². The second kappa shape index (κ2) is 6.56. The van der Waals surface area contributed by atoms with Crippen LogP contribution in [0.25, 0.3) is 5.65 Å². The number of nitrogens with one attached hydrogen (secondary N) is 1. The van der Waals surface area contributed by atoms with E-state index in [-0.39, 0.29) is 11.7 Å². The first kappa shape index (κ1) is 16.8. The Hall–Kier alpha value is -3.69. The van der Waals surface area contributed by atoms with Crippen molar-refractivity contribution < 1.29 is 14.5 Å². The van der Waals surface area contributed by atoms with Gasteiger partial charge in [-0.15, -0.1) is 0 Å². The zero-order valence-corrected chi connectivity index (χ0v) is 14.4. The molecule has 1 aliphatic rings. The van der Waals surface area contributed by atoms with E-state index in [0.29, 0.717) is 35.9 Å². The van der Waals surface area contributed by atoms with E-state index in [0.717, 1.165) is 10.7 Å². The lowest BCUT2D eigenvalue weighted by Gasteiger charge is -2.19. The van der Waals surface area contributed by atoms with Crippen LogP contribution in [0.15, 0.2) is 42.6 Å². The normalized spacial score (nSPS) is 16.7. The number of fused-ring (bicyclic) bond motifs is 1. The topological polar surface area (TPSA) is 115 Å². The van der Waals surface area contributed by atoms with E-state index in [1.54, 1.807) is 30.2 Å². The molecule has 138 valence electrons. The number of carbonyl (C=O) groups is 1. The number of para-hydroxylation sites is 2. The van der Waals surface area contributed by atoms with E-state index in [1.807, 2.05) is 18.2 Å². The Kier molecular flexibility index (Phi) is 4.07. The van der Waals surface area contributed by atoms with Gasteiger partial charge in [-0.05, 0) is 29.5 Å². The SMILES string of the molecule is COc1ccccc1N1CCC(Nc2ccc3ncc([N+](=O)[O-])n3n2)C1=O. The van der Waals surface area contributed by atoms with Crippen molar-refractivity contribution >= 4 is 28.9 Å². The molecule has 2 aromatic heterocycles. The summed E-state index contributed by atoms with van der Waals surface area (Å²) in [4.78, 5) is 28.9. The molecule has 3 heterocycles. The first-order valence-electron chi connectivity index (χ1n) is 8.28. The summed E-state index contributed by atoms with van der Waals surface area (Å²) in [5.41, 5.74) is 1.07. The third kappa shape index (κ3) is 2.90. The fourth-order valence-corrected chi connectivity index (χ4v) is 3.15. The van der Waals surface area contributed by atoms with Crippen LogP contribution >= 0.6 is 0 Å². The molecule has 0 bridgehead atoms. The van der Waals surface area contributed by atoms with Gasteiger partial charge in [-0.1, -0.05) is 21.7 Å². The lowest BCUT2D eigenvalue weighted by atomic mass is 10.2. The molecule has 1 N–H and O–H groups in total. The summed E-state index contributed by atoms with van der Waals surface area (Å²) in [6.45, 7) is 0.532. The number of hydrogen-bond acceptors (Lipinski definition) is 7. The monoisotopic (exact) mass is 368 g/mol. The summed E-state index contributed by atoms with van der Waals surface area (Å²) in [6, 6.07) is 10.1. The summed E-state index contributed by atoms with van der Waals surface area (Å²) in [6.07, 6.45) is 1.72. The van der Waals surface area contributed by atoms with E-state index in [1.165, 1.54) is 0 Å². The summed E-state index contributed by atoms with van der Waals surface area (Å²) in [5, 5.41) is 18.3. The molecule has 1 saturated heterocycles. The number of amides is 1. The highest BCUT2D eigenvalue weighted by Gasteiger charge is 2.34. The first-order chi connectivity index (χ1) is 13.1. The highest BCUT2D eigenvalue weighted by Crippen LogP contribution is 2.31. The van der Waals surface area contributed by atoms with Crippen LogP contribution in [0.1, 0.15) is 6.42 Å². The van der Waals surface area contributed by atoms with Gasteiger partial charge in [0.05, 0.1) is 12.8 Å². The Morgan fingerprint density at radius 1 is 1.30 bits per heavy atom. The van der Waals surface area contributed by atoms with Crippen molar-refractivity contribution in [1.29, 1.82) is 0 Å². The quantitative estimate of drug-likeness (QED) is 0.540. The fraction of sp³-hybridized carbons (Fsp3) is 0.235. The average molecular weight is 368 g/mol. The van der Waals surface area contributed by atoms with Gasteiger partial charge in [0, 0.05) is 12.6 Å². The molecule has 1 aromatic carbocycles. The number of anilines is 2. The van der Waals surface area contributed by atoms with Crippen molar-refractivity contribution in [1.82, 2.24) is 14.6 Å². The van der Waals surface area contributed by atoms with Crippen LogP contribution in [-0.2, 0) is 4.79 Å². The number of benzene rings is 1. The Balaban J connectivity index is 1.57. The Labute approximate surface area is 153 Å². The van der Waals surface area contributed by atoms with Crippen LogP contribution in [0.4, 0.5) is 17.3 Å². The summed E-state index contributed by atoms with van der Waals surface area (Å²) in [5.74, 6) is 0.646. The van der Waals surface area contributed by atoms with Crippen molar-refractivity contribution in [3.8, 4) is 5.75 Å². The molecule has 1 atom stereocenters. The minimum atomic E-state index is -0.555. The van der Waals surface area contributed by atoms with Gasteiger partial charge in [-0.3, -0.25) is 4.79 Å². The van der Waals surface area contributed by atoms with Crippen molar-refractivity contribution in [2.45, 2.75) is 12.5 Å². The van der Waals surface area contributed by atoms with Gasteiger partial charge in [-0.25, -0.2) is 4.98 Å². The third-order valence-electron chi connectivity index (χ3n) is 4.43. The Bertz CT molecular complexity index is 1030. The molecule has 1 amide bonds. The van der Waals surface area contributed by atoms with Gasteiger partial charge in [0.1, 0.15) is 18.0 Å². The van der Waals surface area contributed by atoms with E-state index < -0.39 is 11.0 Å². The smallest absolute Gasteiger partial charge is 0.368 e.